The summed E-state index contributed by atoms with van der Waals surface area (Å²) < 4.78 is 6.22. The number of nitrogens with zero attached hydrogens (tertiary/aromatic N) is 2. The maximum absolute atomic E-state index is 12.8. The van der Waals surface area contributed by atoms with E-state index in [0.717, 1.165) is 23.3 Å². The average molecular weight is 445 g/mol. The number of pyridine rings is 1. The average Bonchev–Trinajstić information content (AvgIpc) is 3.34. The highest BCUT2D eigenvalue weighted by atomic mass is 16.5. The smallest absolute Gasteiger partial charge is 0.233 e. The molecule has 2 saturated heterocycles. The van der Waals surface area contributed by atoms with Gasteiger partial charge in [-0.2, -0.15) is 0 Å². The molecule has 0 radical (unpaired) electrons. The van der Waals surface area contributed by atoms with Gasteiger partial charge in [-0.05, 0) is 61.6 Å². The van der Waals surface area contributed by atoms with Crippen LogP contribution in [0.5, 0.6) is 5.75 Å². The van der Waals surface area contributed by atoms with E-state index in [4.69, 9.17) is 4.74 Å². The fourth-order valence-corrected chi connectivity index (χ4v) is 5.70. The van der Waals surface area contributed by atoms with Gasteiger partial charge in [0.25, 0.3) is 0 Å². The van der Waals surface area contributed by atoms with E-state index in [1.54, 1.807) is 25.4 Å². The Balaban J connectivity index is 1.40. The fourth-order valence-electron chi connectivity index (χ4n) is 5.70. The maximum atomic E-state index is 12.8. The molecule has 1 aromatic heterocycles. The Kier molecular flexibility index (Phi) is 5.62. The van der Waals surface area contributed by atoms with Crippen LogP contribution in [0.1, 0.15) is 37.4 Å². The molecule has 2 amide bonds. The molecule has 1 N–H and O–H groups in total. The minimum Gasteiger partial charge on any atom is -0.507 e. The van der Waals surface area contributed by atoms with E-state index >= 15 is 0 Å². The van der Waals surface area contributed by atoms with Crippen molar-refractivity contribution in [3.05, 3.63) is 71.1 Å². The lowest BCUT2D eigenvalue weighted by molar-refractivity contribution is -0.138. The van der Waals surface area contributed by atoms with Crippen molar-refractivity contribution in [3.63, 3.8) is 0 Å². The minimum absolute atomic E-state index is 0.0180. The summed E-state index contributed by atoms with van der Waals surface area (Å²) >= 11 is 0. The topological polar surface area (TPSA) is 79.7 Å². The summed E-state index contributed by atoms with van der Waals surface area (Å²) in [7, 11) is 1.59. The van der Waals surface area contributed by atoms with E-state index in [-0.39, 0.29) is 41.4 Å². The molecule has 2 aliphatic heterocycles. The lowest BCUT2D eigenvalue weighted by Gasteiger charge is -2.30. The number of phenols is 1. The monoisotopic (exact) mass is 444 g/mol. The summed E-state index contributed by atoms with van der Waals surface area (Å²) in [5.74, 6) is -0.459. The summed E-state index contributed by atoms with van der Waals surface area (Å²) in [6.07, 6.45) is 5.75. The van der Waals surface area contributed by atoms with Gasteiger partial charge in [-0.3, -0.25) is 19.5 Å². The van der Waals surface area contributed by atoms with E-state index < -0.39 is 0 Å². The van der Waals surface area contributed by atoms with Crippen LogP contribution >= 0.6 is 0 Å². The molecule has 170 valence electrons. The largest absolute Gasteiger partial charge is 0.507 e. The van der Waals surface area contributed by atoms with Gasteiger partial charge in [-0.1, -0.05) is 29.8 Å². The second kappa shape index (κ2) is 8.60. The van der Waals surface area contributed by atoms with Gasteiger partial charge in [0.1, 0.15) is 5.75 Å². The number of benzene rings is 1. The number of hydrogen-bond acceptors (Lipinski definition) is 5. The second-order valence-corrected chi connectivity index (χ2v) is 9.22. The molecule has 6 nitrogen and oxygen atoms in total. The van der Waals surface area contributed by atoms with Crippen molar-refractivity contribution in [2.24, 2.45) is 17.8 Å². The Labute approximate surface area is 193 Å². The predicted molar refractivity (Wildman–Crippen MR) is 125 cm³/mol. The van der Waals surface area contributed by atoms with Crippen LogP contribution < -0.4 is 0 Å². The van der Waals surface area contributed by atoms with Crippen molar-refractivity contribution in [1.82, 2.24) is 9.88 Å². The predicted octanol–water partition coefficient (Wildman–Crippen LogP) is 4.07. The molecule has 5 rings (SSSR count). The number of aromatic hydroxyl groups is 1. The zero-order valence-electron chi connectivity index (χ0n) is 18.9. The highest BCUT2D eigenvalue weighted by molar-refractivity contribution is 6.05. The number of imide groups is 1. The van der Waals surface area contributed by atoms with Crippen LogP contribution in [0.25, 0.3) is 11.6 Å². The number of hydrogen-bond donors (Lipinski definition) is 1. The third-order valence-electron chi connectivity index (χ3n) is 7.31. The number of para-hydroxylation sites is 1. The Morgan fingerprint density at radius 1 is 1.15 bits per heavy atom. The number of carbonyl (C=O) groups excluding carboxylic acids is 2. The van der Waals surface area contributed by atoms with E-state index in [2.05, 4.69) is 11.9 Å². The number of amides is 2. The first-order valence-electron chi connectivity index (χ1n) is 11.5. The number of aromatic nitrogens is 1. The van der Waals surface area contributed by atoms with Gasteiger partial charge in [-0.15, -0.1) is 0 Å². The quantitative estimate of drug-likeness (QED) is 0.555. The Morgan fingerprint density at radius 3 is 2.70 bits per heavy atom. The van der Waals surface area contributed by atoms with Gasteiger partial charge in [0.15, 0.2) is 0 Å². The van der Waals surface area contributed by atoms with Crippen LogP contribution in [0.3, 0.4) is 0 Å². The van der Waals surface area contributed by atoms with Crippen LogP contribution in [0, 0.1) is 17.8 Å². The molecule has 33 heavy (non-hydrogen) atoms. The van der Waals surface area contributed by atoms with Gasteiger partial charge in [-0.25, -0.2) is 0 Å². The molecule has 0 spiro atoms. The van der Waals surface area contributed by atoms with Crippen LogP contribution in [0.4, 0.5) is 0 Å². The van der Waals surface area contributed by atoms with Crippen LogP contribution in [0.15, 0.2) is 59.8 Å². The zero-order chi connectivity index (χ0) is 23.1. The molecular weight excluding hydrogens is 416 g/mol. The molecule has 4 atom stereocenters. The van der Waals surface area contributed by atoms with Crippen molar-refractivity contribution >= 4 is 23.5 Å². The lowest BCUT2D eigenvalue weighted by Crippen LogP contribution is -2.33. The second-order valence-electron chi connectivity index (χ2n) is 9.22. The number of phenolic OH excluding ortho intramolecular Hbond substituents is 1. The number of fused-ring (bicyclic) bond motifs is 3. The molecule has 3 heterocycles. The number of rotatable bonds is 5. The van der Waals surface area contributed by atoms with Gasteiger partial charge < -0.3 is 9.84 Å². The van der Waals surface area contributed by atoms with Gasteiger partial charge in [0.05, 0.1) is 30.2 Å². The molecule has 0 bridgehead atoms. The Morgan fingerprint density at radius 2 is 1.94 bits per heavy atom. The van der Waals surface area contributed by atoms with E-state index in [1.165, 1.54) is 16.0 Å². The molecule has 6 heteroatoms. The molecule has 2 aromatic rings. The van der Waals surface area contributed by atoms with Gasteiger partial charge >= 0.3 is 0 Å². The number of carbonyl (C=O) groups is 2. The highest BCUT2D eigenvalue weighted by Gasteiger charge is 2.55. The summed E-state index contributed by atoms with van der Waals surface area (Å²) in [6, 6.07) is 13.1. The SMILES string of the molecule is CC1=C2[C@@H](CC/C(=C/c3ccccc3O)c3ccccn3)OC[C@@H]2[C@@H]2C(=O)N(C)C(=O)[C@@H]2C1. The first-order chi connectivity index (χ1) is 16.0. The van der Waals surface area contributed by atoms with Crippen LogP contribution in [-0.2, 0) is 14.3 Å². The van der Waals surface area contributed by atoms with Crippen molar-refractivity contribution < 1.29 is 19.4 Å². The first-order valence-corrected chi connectivity index (χ1v) is 11.5. The minimum atomic E-state index is -0.293. The summed E-state index contributed by atoms with van der Waals surface area (Å²) in [6.45, 7) is 2.56. The van der Waals surface area contributed by atoms with Crippen molar-refractivity contribution in [3.8, 4) is 5.75 Å². The zero-order valence-corrected chi connectivity index (χ0v) is 18.9. The van der Waals surface area contributed by atoms with Crippen LogP contribution in [0.2, 0.25) is 0 Å². The lowest BCUT2D eigenvalue weighted by atomic mass is 9.70. The third-order valence-corrected chi connectivity index (χ3v) is 7.31. The van der Waals surface area contributed by atoms with Gasteiger partial charge in [0, 0.05) is 24.7 Å². The normalized spacial score (nSPS) is 27.2. The third kappa shape index (κ3) is 3.78. The molecule has 0 unspecified atom stereocenters. The molecule has 1 aliphatic carbocycles. The van der Waals surface area contributed by atoms with E-state index in [1.807, 2.05) is 36.4 Å². The Hall–Kier alpha value is -3.25. The molecule has 3 aliphatic rings. The molecule has 2 fully saturated rings. The molecule has 0 saturated carbocycles. The Bertz CT molecular complexity index is 1150. The standard InChI is InChI=1S/C27H28N2O4/c1-16-13-19-25(27(32)29(2)26(19)31)20-15-33-23(24(16)20)11-10-17(21-8-5-6-12-28-21)14-18-7-3-4-9-22(18)30/h3-9,12,14,19-20,23,25,30H,10-11,13,15H2,1-2H3/b17-14-/t19-,20+,23-,25-/m1/s1. The van der Waals surface area contributed by atoms with E-state index in [0.29, 0.717) is 19.4 Å². The van der Waals surface area contributed by atoms with Crippen molar-refractivity contribution in [2.45, 2.75) is 32.3 Å². The summed E-state index contributed by atoms with van der Waals surface area (Å²) in [5, 5.41) is 10.3. The van der Waals surface area contributed by atoms with E-state index in [9.17, 15) is 14.7 Å². The number of allylic oxidation sites excluding steroid dienone is 2. The summed E-state index contributed by atoms with van der Waals surface area (Å²) in [5.41, 5.74) is 5.02. The van der Waals surface area contributed by atoms with Crippen molar-refractivity contribution in [1.29, 1.82) is 0 Å². The highest BCUT2D eigenvalue weighted by Crippen LogP contribution is 2.49. The first kappa shape index (κ1) is 21.6. The van der Waals surface area contributed by atoms with Crippen molar-refractivity contribution in [2.75, 3.05) is 13.7 Å². The van der Waals surface area contributed by atoms with Gasteiger partial charge in [0.2, 0.25) is 11.8 Å². The number of ether oxygens (including phenoxy) is 1. The summed E-state index contributed by atoms with van der Waals surface area (Å²) in [4.78, 5) is 31.1. The maximum Gasteiger partial charge on any atom is 0.233 e. The molecular formula is C27H28N2O4. The molecule has 1 aromatic carbocycles. The number of likely N-dealkylation sites (tertiary alicyclic amines) is 1. The van der Waals surface area contributed by atoms with Crippen LogP contribution in [-0.4, -0.2) is 46.6 Å². The fraction of sp³-hybridized carbons (Fsp3) is 0.370.